The van der Waals surface area contributed by atoms with E-state index >= 15 is 0 Å². The SMILES string of the molecule is COc1ccc(C(=CN)C(=O)c2cc(OC)c(OC)c(OC)c2)cc1OC(=O)N1CCN(CCNC2=C3C[C@@H](C)CC(OC)C(O)[C@@H](C)/C=C(\C)[C@H](OC(N)=O)C(O)/C=C\C(C)C(=O)NC(=CC2=O)C3=O)CC1. The third kappa shape index (κ3) is 14.1. The van der Waals surface area contributed by atoms with E-state index in [0.717, 1.165) is 12.3 Å². The number of fused-ring (bicyclic) bond motifs is 2. The Morgan fingerprint density at radius 1 is 0.863 bits per heavy atom. The van der Waals surface area contributed by atoms with Gasteiger partial charge in [0.1, 0.15) is 6.10 Å². The van der Waals surface area contributed by atoms with Gasteiger partial charge in [-0.25, -0.2) is 9.59 Å². The van der Waals surface area contributed by atoms with E-state index in [9.17, 15) is 39.0 Å². The van der Waals surface area contributed by atoms with Gasteiger partial charge in [-0.15, -0.1) is 0 Å². The molecule has 21 heteroatoms. The first-order valence-corrected chi connectivity index (χ1v) is 23.7. The Morgan fingerprint density at radius 2 is 1.51 bits per heavy atom. The Bertz CT molecular complexity index is 2520. The predicted molar refractivity (Wildman–Crippen MR) is 268 cm³/mol. The normalized spacial score (nSPS) is 24.9. The predicted octanol–water partition coefficient (Wildman–Crippen LogP) is 3.42. The van der Waals surface area contributed by atoms with Crippen LogP contribution in [0.1, 0.15) is 56.5 Å². The maximum Gasteiger partial charge on any atom is 0.415 e. The van der Waals surface area contributed by atoms with Crippen molar-refractivity contribution in [2.45, 2.75) is 65.0 Å². The monoisotopic (exact) mass is 1020 g/mol. The summed E-state index contributed by atoms with van der Waals surface area (Å²) < 4.78 is 38.5. The zero-order valence-electron chi connectivity index (χ0n) is 42.7. The first kappa shape index (κ1) is 56.7. The number of nitrogens with two attached hydrogens (primary N) is 2. The number of carbonyl (C=O) groups is 6. The van der Waals surface area contributed by atoms with E-state index in [1.807, 2.05) is 6.92 Å². The number of piperazine rings is 1. The first-order chi connectivity index (χ1) is 34.8. The summed E-state index contributed by atoms with van der Waals surface area (Å²) in [6.07, 6.45) is 0.606. The number of allylic oxidation sites excluding steroid dienone is 3. The molecule has 8 N–H and O–H groups in total. The average Bonchev–Trinajstić information content (AvgIpc) is 3.37. The maximum absolute atomic E-state index is 14.2. The van der Waals surface area contributed by atoms with Crippen LogP contribution in [-0.2, 0) is 23.9 Å². The highest BCUT2D eigenvalue weighted by molar-refractivity contribution is 6.29. The van der Waals surface area contributed by atoms with Gasteiger partial charge in [0.15, 0.2) is 34.9 Å². The van der Waals surface area contributed by atoms with E-state index in [4.69, 9.17) is 44.6 Å². The molecule has 1 aliphatic carbocycles. The highest BCUT2D eigenvalue weighted by atomic mass is 16.6. The van der Waals surface area contributed by atoms with Crippen LogP contribution < -0.4 is 45.8 Å². The lowest BCUT2D eigenvalue weighted by atomic mass is 9.85. The molecule has 3 amide bonds. The molecule has 396 valence electrons. The van der Waals surface area contributed by atoms with Crippen LogP contribution in [0.3, 0.4) is 0 Å². The van der Waals surface area contributed by atoms with Crippen molar-refractivity contribution in [2.24, 2.45) is 29.2 Å². The quantitative estimate of drug-likeness (QED) is 0.0684. The number of benzene rings is 2. The topological polar surface area (TPSA) is 290 Å². The van der Waals surface area contributed by atoms with Gasteiger partial charge >= 0.3 is 12.2 Å². The Labute approximate surface area is 424 Å². The number of ether oxygens (including phenoxy) is 7. The summed E-state index contributed by atoms with van der Waals surface area (Å²) in [5, 5.41) is 28.2. The molecule has 1 saturated heterocycles. The highest BCUT2D eigenvalue weighted by Gasteiger charge is 2.35. The number of hydrogen-bond acceptors (Lipinski definition) is 18. The molecule has 0 aromatic heterocycles. The van der Waals surface area contributed by atoms with Crippen molar-refractivity contribution in [3.05, 3.63) is 94.5 Å². The molecule has 0 spiro atoms. The van der Waals surface area contributed by atoms with Gasteiger partial charge in [0, 0.05) is 81.3 Å². The van der Waals surface area contributed by atoms with Crippen molar-refractivity contribution in [1.82, 2.24) is 20.4 Å². The van der Waals surface area contributed by atoms with Gasteiger partial charge in [-0.2, -0.15) is 0 Å². The summed E-state index contributed by atoms with van der Waals surface area (Å²) in [5.74, 6) is -2.83. The molecule has 7 atom stereocenters. The van der Waals surface area contributed by atoms with Crippen molar-refractivity contribution >= 4 is 41.0 Å². The largest absolute Gasteiger partial charge is 0.493 e. The van der Waals surface area contributed by atoms with E-state index in [1.54, 1.807) is 32.1 Å². The van der Waals surface area contributed by atoms with E-state index in [1.165, 1.54) is 77.7 Å². The van der Waals surface area contributed by atoms with Crippen molar-refractivity contribution in [2.75, 3.05) is 74.8 Å². The molecule has 2 bridgehead atoms. The third-order valence-corrected chi connectivity index (χ3v) is 12.9. The molecule has 3 aliphatic rings. The van der Waals surface area contributed by atoms with Crippen LogP contribution in [0.15, 0.2) is 83.4 Å². The van der Waals surface area contributed by atoms with Crippen LogP contribution in [0, 0.1) is 17.8 Å². The number of nitrogens with one attached hydrogen (secondary N) is 2. The second-order valence-corrected chi connectivity index (χ2v) is 18.0. The number of amides is 3. The molecule has 0 saturated carbocycles. The molecule has 1 fully saturated rings. The molecule has 2 aromatic carbocycles. The number of aliphatic hydroxyl groups is 2. The maximum atomic E-state index is 14.2. The van der Waals surface area contributed by atoms with Crippen molar-refractivity contribution in [1.29, 1.82) is 0 Å². The number of hydrogen-bond donors (Lipinski definition) is 6. The number of primary amides is 1. The molecular formula is C52H68N6O15. The molecular weight excluding hydrogens is 949 g/mol. The van der Waals surface area contributed by atoms with Crippen molar-refractivity contribution in [3.8, 4) is 28.7 Å². The number of ketones is 3. The van der Waals surface area contributed by atoms with Gasteiger partial charge in [0.2, 0.25) is 23.2 Å². The van der Waals surface area contributed by atoms with Gasteiger partial charge in [-0.3, -0.25) is 24.1 Å². The van der Waals surface area contributed by atoms with Gasteiger partial charge in [0.25, 0.3) is 0 Å². The van der Waals surface area contributed by atoms with E-state index in [2.05, 4.69) is 15.5 Å². The summed E-state index contributed by atoms with van der Waals surface area (Å²) in [7, 11) is 7.19. The molecule has 5 rings (SSSR count). The van der Waals surface area contributed by atoms with Crippen LogP contribution in [0.2, 0.25) is 0 Å². The van der Waals surface area contributed by atoms with Crippen LogP contribution in [0.4, 0.5) is 9.59 Å². The molecule has 2 aromatic rings. The summed E-state index contributed by atoms with van der Waals surface area (Å²) >= 11 is 0. The minimum atomic E-state index is -1.43. The van der Waals surface area contributed by atoms with Crippen molar-refractivity contribution < 1.29 is 72.1 Å². The molecule has 2 heterocycles. The minimum Gasteiger partial charge on any atom is -0.493 e. The second-order valence-electron chi connectivity index (χ2n) is 18.0. The number of rotatable bonds is 14. The number of methoxy groups -OCH3 is 5. The Morgan fingerprint density at radius 3 is 2.10 bits per heavy atom. The number of aliphatic hydroxyl groups excluding tert-OH is 2. The van der Waals surface area contributed by atoms with Crippen molar-refractivity contribution in [3.63, 3.8) is 0 Å². The fourth-order valence-corrected chi connectivity index (χ4v) is 8.84. The molecule has 4 unspecified atom stereocenters. The van der Waals surface area contributed by atoms with E-state index in [-0.39, 0.29) is 89.5 Å². The third-order valence-electron chi connectivity index (χ3n) is 12.9. The fraction of sp³-hybridized carbons (Fsp3) is 0.462. The smallest absolute Gasteiger partial charge is 0.415 e. The number of carbonyl (C=O) groups excluding carboxylic acids is 6. The average molecular weight is 1020 g/mol. The lowest BCUT2D eigenvalue weighted by Crippen LogP contribution is -2.51. The van der Waals surface area contributed by atoms with Gasteiger partial charge in [0.05, 0.1) is 58.0 Å². The Kier molecular flexibility index (Phi) is 20.2. The lowest BCUT2D eigenvalue weighted by molar-refractivity contribution is -0.124. The van der Waals surface area contributed by atoms with E-state index < -0.39 is 71.7 Å². The fourth-order valence-electron chi connectivity index (χ4n) is 8.84. The van der Waals surface area contributed by atoms with Gasteiger partial charge < -0.3 is 70.4 Å². The van der Waals surface area contributed by atoms with Crippen LogP contribution in [-0.4, -0.2) is 155 Å². The molecule has 73 heavy (non-hydrogen) atoms. The molecule has 0 radical (unpaired) electrons. The highest BCUT2D eigenvalue weighted by Crippen LogP contribution is 2.40. The molecule has 21 nitrogen and oxygen atoms in total. The summed E-state index contributed by atoms with van der Waals surface area (Å²) in [6.45, 7) is 8.87. The summed E-state index contributed by atoms with van der Waals surface area (Å²) in [6, 6.07) is 7.67. The van der Waals surface area contributed by atoms with Crippen LogP contribution in [0.5, 0.6) is 28.7 Å². The lowest BCUT2D eigenvalue weighted by Gasteiger charge is -2.34. The zero-order valence-corrected chi connectivity index (χ0v) is 42.7. The standard InChI is InChI=1S/C52H68N6O15/c1-28-20-34-44(38(60)26-36(47(34)63)56-50(64)29(2)10-12-37(59)48(73-51(54)65)31(4)22-30(3)45(61)41(21-28)68-6)55-14-15-57-16-18-58(19-17-57)52(66)72-40-23-32(11-13-39(40)67-5)35(27-53)46(62)33-24-42(69-7)49(71-9)43(25-33)70-8/h10-13,22-30,37,41,45,48,55,59,61H,14-21,53H2,1-9H3,(H2,54,65)(H,56,64)/b12-10-,31-22+,35-27?/t28-,29?,30+,37?,41?,45?,48+/m1/s1. The minimum absolute atomic E-state index is 0.0596. The second kappa shape index (κ2) is 26.0. The number of nitrogens with zero attached hydrogens (tertiary/aromatic N) is 2. The van der Waals surface area contributed by atoms with Gasteiger partial charge in [-0.05, 0) is 61.1 Å². The molecule has 2 aliphatic heterocycles. The van der Waals surface area contributed by atoms with Crippen LogP contribution >= 0.6 is 0 Å². The van der Waals surface area contributed by atoms with E-state index in [0.29, 0.717) is 36.5 Å². The zero-order chi connectivity index (χ0) is 53.7. The Balaban J connectivity index is 1.27. The van der Waals surface area contributed by atoms with Gasteiger partial charge in [-0.1, -0.05) is 45.1 Å². The number of Topliss-reactive ketones (excluding diaryl/α,β-unsaturated/α-hetero) is 2. The summed E-state index contributed by atoms with van der Waals surface area (Å²) in [4.78, 5) is 84.2. The summed E-state index contributed by atoms with van der Waals surface area (Å²) in [5.41, 5.74) is 12.4. The first-order valence-electron chi connectivity index (χ1n) is 23.7. The van der Waals surface area contributed by atoms with Crippen LogP contribution in [0.25, 0.3) is 5.57 Å². The Hall–Kier alpha value is -7.20.